The van der Waals surface area contributed by atoms with Gasteiger partial charge in [-0.2, -0.15) is 13.8 Å². The number of hydrogen-bond acceptors (Lipinski definition) is 8. The van der Waals surface area contributed by atoms with E-state index in [4.69, 9.17) is 0 Å². The predicted octanol–water partition coefficient (Wildman–Crippen LogP) is 3.04. The van der Waals surface area contributed by atoms with Crippen molar-refractivity contribution < 1.29 is 27.3 Å². The number of nitrogens with one attached hydrogen (secondary N) is 2. The summed E-state index contributed by atoms with van der Waals surface area (Å²) in [6.45, 7) is 6.07. The highest BCUT2D eigenvalue weighted by atomic mass is 19.3. The van der Waals surface area contributed by atoms with Crippen LogP contribution in [0.4, 0.5) is 18.9 Å². The van der Waals surface area contributed by atoms with E-state index in [1.54, 1.807) is 36.2 Å². The largest absolute Gasteiger partial charge is 0.333 e. The van der Waals surface area contributed by atoms with Gasteiger partial charge >= 0.3 is 6.43 Å². The number of aromatic nitrogens is 2. The molecule has 1 aliphatic heterocycles. The van der Waals surface area contributed by atoms with Crippen LogP contribution >= 0.6 is 0 Å². The summed E-state index contributed by atoms with van der Waals surface area (Å²) in [6, 6.07) is 9.67. The van der Waals surface area contributed by atoms with E-state index < -0.39 is 12.3 Å². The second-order valence-electron chi connectivity index (χ2n) is 9.41. The fraction of sp³-hybridized carbons (Fsp3) is 0.407. The lowest BCUT2D eigenvalue weighted by Crippen LogP contribution is -2.47. The smallest absolute Gasteiger partial charge is 0.315 e. The number of benzene rings is 2. The average molecular weight is 560 g/mol. The van der Waals surface area contributed by atoms with Gasteiger partial charge in [0.25, 0.3) is 11.8 Å². The molecule has 0 atom stereocenters. The molecule has 0 fully saturated rings. The first-order valence-electron chi connectivity index (χ1n) is 12.9. The number of alkyl halides is 2. The standard InChI is InChI=1S/C27H32F3N7O3/c1-4-31-9-10-37(22-12-18(6-5-17(22)2)26-33-27(25(29)30)40-34-26)24(39)14-32-13-23(38)35(3)36-15-19-7-8-21(28)11-20(19)16-36/h5-8,11-12,25,31-32H,4,9-10,13-16H2,1-3H3. The zero-order valence-corrected chi connectivity index (χ0v) is 22.6. The molecule has 214 valence electrons. The van der Waals surface area contributed by atoms with Crippen LogP contribution in [0, 0.1) is 12.7 Å². The number of halogens is 3. The van der Waals surface area contributed by atoms with Gasteiger partial charge in [-0.25, -0.2) is 9.40 Å². The SMILES string of the molecule is CCNCCN(C(=O)CNCC(=O)N(C)N1Cc2ccc(F)cc2C1)c1cc(-c2noc(C(F)F)n2)ccc1C. The number of nitrogens with zero attached hydrogens (tertiary/aromatic N) is 5. The number of rotatable bonds is 12. The minimum absolute atomic E-state index is 0.00538. The molecule has 1 aliphatic rings. The Morgan fingerprint density at radius 2 is 1.82 bits per heavy atom. The molecule has 2 aromatic carbocycles. The molecule has 1 aromatic heterocycles. The van der Waals surface area contributed by atoms with Crippen LogP contribution in [-0.4, -0.2) is 71.7 Å². The van der Waals surface area contributed by atoms with Crippen LogP contribution in [0.2, 0.25) is 0 Å². The minimum atomic E-state index is -2.89. The highest BCUT2D eigenvalue weighted by Crippen LogP contribution is 2.28. The number of hydrazine groups is 1. The maximum atomic E-state index is 13.6. The lowest BCUT2D eigenvalue weighted by Gasteiger charge is -2.28. The number of carbonyl (C=O) groups is 2. The summed E-state index contributed by atoms with van der Waals surface area (Å²) in [5.74, 6) is -1.62. The van der Waals surface area contributed by atoms with Crippen LogP contribution in [0.15, 0.2) is 40.9 Å². The van der Waals surface area contributed by atoms with Crippen LogP contribution < -0.4 is 15.5 Å². The van der Waals surface area contributed by atoms with E-state index in [0.29, 0.717) is 44.0 Å². The molecule has 0 saturated carbocycles. The average Bonchev–Trinajstić information content (AvgIpc) is 3.59. The van der Waals surface area contributed by atoms with Gasteiger partial charge < -0.3 is 14.7 Å². The van der Waals surface area contributed by atoms with Crippen LogP contribution in [0.25, 0.3) is 11.4 Å². The third-order valence-electron chi connectivity index (χ3n) is 6.66. The van der Waals surface area contributed by atoms with Gasteiger partial charge in [-0.3, -0.25) is 19.9 Å². The van der Waals surface area contributed by atoms with Gasteiger partial charge in [-0.1, -0.05) is 30.3 Å². The van der Waals surface area contributed by atoms with Gasteiger partial charge in [0.1, 0.15) is 5.82 Å². The van der Waals surface area contributed by atoms with E-state index in [2.05, 4.69) is 25.3 Å². The molecule has 0 unspecified atom stereocenters. The van der Waals surface area contributed by atoms with Crippen molar-refractivity contribution in [2.75, 3.05) is 44.7 Å². The van der Waals surface area contributed by atoms with Crippen LogP contribution in [0.5, 0.6) is 0 Å². The maximum absolute atomic E-state index is 13.6. The number of carbonyl (C=O) groups excluding carboxylic acids is 2. The summed E-state index contributed by atoms with van der Waals surface area (Å²) in [6.07, 6.45) is -2.89. The van der Waals surface area contributed by atoms with Crippen LogP contribution in [0.1, 0.15) is 35.9 Å². The molecule has 0 bridgehead atoms. The van der Waals surface area contributed by atoms with Gasteiger partial charge in [0, 0.05) is 44.5 Å². The maximum Gasteiger partial charge on any atom is 0.315 e. The summed E-state index contributed by atoms with van der Waals surface area (Å²) in [5, 5.41) is 13.0. The summed E-state index contributed by atoms with van der Waals surface area (Å²) >= 11 is 0. The molecule has 0 saturated heterocycles. The highest BCUT2D eigenvalue weighted by molar-refractivity contribution is 5.96. The molecule has 2 heterocycles. The monoisotopic (exact) mass is 559 g/mol. The first-order valence-corrected chi connectivity index (χ1v) is 12.9. The van der Waals surface area contributed by atoms with Crippen molar-refractivity contribution >= 4 is 17.5 Å². The quantitative estimate of drug-likeness (QED) is 0.326. The second kappa shape index (κ2) is 13.0. The van der Waals surface area contributed by atoms with Gasteiger partial charge in [-0.05, 0) is 48.4 Å². The van der Waals surface area contributed by atoms with Crippen LogP contribution in [-0.2, 0) is 22.7 Å². The fourth-order valence-corrected chi connectivity index (χ4v) is 4.43. The van der Waals surface area contributed by atoms with Gasteiger partial charge in [-0.15, -0.1) is 0 Å². The summed E-state index contributed by atoms with van der Waals surface area (Å²) < 4.78 is 44.0. The minimum Gasteiger partial charge on any atom is -0.333 e. The normalized spacial score (nSPS) is 13.1. The zero-order chi connectivity index (χ0) is 28.8. The second-order valence-corrected chi connectivity index (χ2v) is 9.41. The topological polar surface area (TPSA) is 107 Å². The van der Waals surface area contributed by atoms with Crippen molar-refractivity contribution in [1.29, 1.82) is 0 Å². The van der Waals surface area contributed by atoms with Crippen LogP contribution in [0.3, 0.4) is 0 Å². The van der Waals surface area contributed by atoms with Gasteiger partial charge in [0.2, 0.25) is 11.7 Å². The van der Waals surface area contributed by atoms with E-state index in [9.17, 15) is 22.8 Å². The van der Waals surface area contributed by atoms with E-state index in [-0.39, 0.29) is 36.5 Å². The molecule has 2 N–H and O–H groups in total. The molecule has 0 aliphatic carbocycles. The molecule has 4 rings (SSSR count). The number of amides is 2. The molecule has 10 nitrogen and oxygen atoms in total. The lowest BCUT2D eigenvalue weighted by atomic mass is 10.1. The molecular formula is C27H32F3N7O3. The van der Waals surface area contributed by atoms with Crippen molar-refractivity contribution in [2.24, 2.45) is 0 Å². The fourth-order valence-electron chi connectivity index (χ4n) is 4.43. The van der Waals surface area contributed by atoms with Gasteiger partial charge in [0.05, 0.1) is 13.1 Å². The van der Waals surface area contributed by atoms with E-state index >= 15 is 0 Å². The third-order valence-corrected chi connectivity index (χ3v) is 6.66. The molecular weight excluding hydrogens is 527 g/mol. The predicted molar refractivity (Wildman–Crippen MR) is 142 cm³/mol. The van der Waals surface area contributed by atoms with Gasteiger partial charge in [0.15, 0.2) is 0 Å². The van der Waals surface area contributed by atoms with E-state index in [1.165, 1.54) is 17.1 Å². The Bertz CT molecular complexity index is 1350. The third kappa shape index (κ3) is 6.84. The number of anilines is 1. The Labute approximate surface area is 230 Å². The Hall–Kier alpha value is -3.81. The first kappa shape index (κ1) is 29.2. The number of hydrogen-bond donors (Lipinski definition) is 2. The summed E-state index contributed by atoms with van der Waals surface area (Å²) in [5.41, 5.74) is 3.57. The Morgan fingerprint density at radius 1 is 1.07 bits per heavy atom. The van der Waals surface area contributed by atoms with Crippen molar-refractivity contribution in [3.63, 3.8) is 0 Å². The lowest BCUT2D eigenvalue weighted by molar-refractivity contribution is -0.145. The Morgan fingerprint density at radius 3 is 2.55 bits per heavy atom. The highest BCUT2D eigenvalue weighted by Gasteiger charge is 2.26. The summed E-state index contributed by atoms with van der Waals surface area (Å²) in [7, 11) is 1.64. The van der Waals surface area contributed by atoms with Crippen molar-refractivity contribution in [2.45, 2.75) is 33.4 Å². The Balaban J connectivity index is 1.40. The number of aryl methyl sites for hydroxylation is 1. The Kier molecular flexibility index (Phi) is 9.50. The molecule has 2 amide bonds. The zero-order valence-electron chi connectivity index (χ0n) is 22.6. The van der Waals surface area contributed by atoms with Crippen molar-refractivity contribution in [3.8, 4) is 11.4 Å². The number of likely N-dealkylation sites (N-methyl/N-ethyl adjacent to an activating group) is 2. The van der Waals surface area contributed by atoms with Crippen molar-refractivity contribution in [1.82, 2.24) is 30.8 Å². The first-order chi connectivity index (χ1) is 19.2. The molecule has 13 heteroatoms. The molecule has 3 aromatic rings. The molecule has 0 radical (unpaired) electrons. The molecule has 40 heavy (non-hydrogen) atoms. The van der Waals surface area contributed by atoms with E-state index in [1.807, 2.05) is 18.9 Å². The number of fused-ring (bicyclic) bond motifs is 1. The molecule has 0 spiro atoms. The van der Waals surface area contributed by atoms with Crippen molar-refractivity contribution in [3.05, 3.63) is 64.8 Å². The van der Waals surface area contributed by atoms with E-state index in [0.717, 1.165) is 16.7 Å². The summed E-state index contributed by atoms with van der Waals surface area (Å²) in [4.78, 5) is 31.5.